The summed E-state index contributed by atoms with van der Waals surface area (Å²) >= 11 is 9.40. The van der Waals surface area contributed by atoms with Gasteiger partial charge in [-0.05, 0) is 46.2 Å². The highest BCUT2D eigenvalue weighted by Gasteiger charge is 2.18. The van der Waals surface area contributed by atoms with E-state index in [1.165, 1.54) is 0 Å². The number of benzene rings is 1. The molecule has 0 aliphatic carbocycles. The first-order valence-corrected chi connectivity index (χ1v) is 8.58. The first-order valence-electron chi connectivity index (χ1n) is 6.56. The minimum atomic E-state index is -0.395. The number of carbonyl (C=O) groups is 2. The summed E-state index contributed by atoms with van der Waals surface area (Å²) in [5, 5.41) is 12.0. The van der Waals surface area contributed by atoms with Crippen molar-refractivity contribution in [3.8, 4) is 0 Å². The largest absolute Gasteiger partial charge is 0.398 e. The number of aryl methyl sites for hydroxylation is 1. The van der Waals surface area contributed by atoms with Gasteiger partial charge in [0, 0.05) is 23.6 Å². The molecule has 1 aromatic heterocycles. The molecule has 122 valence electrons. The fraction of sp³-hybridized carbons (Fsp3) is 0.231. The van der Waals surface area contributed by atoms with E-state index in [0.717, 1.165) is 16.9 Å². The lowest BCUT2D eigenvalue weighted by Crippen LogP contribution is -2.19. The highest BCUT2D eigenvalue weighted by atomic mass is 79.9. The number of nitrogens with two attached hydrogens (primary N) is 1. The molecule has 0 spiro atoms. The van der Waals surface area contributed by atoms with Gasteiger partial charge in [0.2, 0.25) is 11.0 Å². The van der Waals surface area contributed by atoms with Crippen LogP contribution in [0.4, 0.5) is 10.8 Å². The molecule has 0 unspecified atom stereocenters. The van der Waals surface area contributed by atoms with Crippen LogP contribution in [0.2, 0.25) is 0 Å². The van der Waals surface area contributed by atoms with Gasteiger partial charge in [-0.1, -0.05) is 17.4 Å². The number of aromatic amines is 1. The average molecular weight is 416 g/mol. The third-order valence-corrected chi connectivity index (χ3v) is 4.74. The number of hydrogen-bond donors (Lipinski definition) is 4. The summed E-state index contributed by atoms with van der Waals surface area (Å²) in [4.78, 5) is 23.8. The van der Waals surface area contributed by atoms with Gasteiger partial charge in [0.25, 0.3) is 5.91 Å². The monoisotopic (exact) mass is 415 g/mol. The molecule has 0 saturated heterocycles. The molecule has 0 fully saturated rings. The van der Waals surface area contributed by atoms with Gasteiger partial charge in [-0.3, -0.25) is 20.0 Å². The molecule has 0 aliphatic heterocycles. The number of halogens is 1. The van der Waals surface area contributed by atoms with E-state index in [9.17, 15) is 9.59 Å². The van der Waals surface area contributed by atoms with Crippen LogP contribution in [0.3, 0.4) is 0 Å². The molecule has 10 heteroatoms. The Balaban J connectivity index is 2.24. The van der Waals surface area contributed by atoms with Gasteiger partial charge < -0.3 is 11.1 Å². The van der Waals surface area contributed by atoms with E-state index in [4.69, 9.17) is 18.0 Å². The van der Waals surface area contributed by atoms with Crippen molar-refractivity contribution in [2.24, 2.45) is 0 Å². The van der Waals surface area contributed by atoms with E-state index in [2.05, 4.69) is 36.8 Å². The summed E-state index contributed by atoms with van der Waals surface area (Å²) in [6.45, 7) is 0. The second-order valence-electron chi connectivity index (χ2n) is 4.54. The van der Waals surface area contributed by atoms with E-state index >= 15 is 0 Å². The van der Waals surface area contributed by atoms with Gasteiger partial charge in [-0.15, -0.1) is 5.10 Å². The van der Waals surface area contributed by atoms with Crippen LogP contribution in [-0.4, -0.2) is 29.1 Å². The summed E-state index contributed by atoms with van der Waals surface area (Å²) in [6.07, 6.45) is 0.741. The maximum Gasteiger partial charge on any atom is 0.260 e. The third-order valence-electron chi connectivity index (χ3n) is 3.07. The fourth-order valence-corrected chi connectivity index (χ4v) is 3.21. The number of nitrogens with one attached hydrogen (secondary N) is 3. The van der Waals surface area contributed by atoms with Gasteiger partial charge in [-0.2, -0.15) is 0 Å². The Morgan fingerprint density at radius 3 is 2.83 bits per heavy atom. The lowest BCUT2D eigenvalue weighted by molar-refractivity contribution is -0.120. The lowest BCUT2D eigenvalue weighted by Gasteiger charge is -2.12. The Labute approximate surface area is 149 Å². The predicted molar refractivity (Wildman–Crippen MR) is 96.2 cm³/mol. The minimum Gasteiger partial charge on any atom is -0.398 e. The van der Waals surface area contributed by atoms with E-state index in [0.29, 0.717) is 37.7 Å². The van der Waals surface area contributed by atoms with E-state index < -0.39 is 5.91 Å². The van der Waals surface area contributed by atoms with Crippen LogP contribution in [0.5, 0.6) is 0 Å². The topological polar surface area (TPSA) is 113 Å². The predicted octanol–water partition coefficient (Wildman–Crippen LogP) is 2.48. The number of hydrogen-bond acceptors (Lipinski definition) is 6. The summed E-state index contributed by atoms with van der Waals surface area (Å²) < 4.78 is 1.03. The minimum absolute atomic E-state index is 0.0883. The van der Waals surface area contributed by atoms with Crippen LogP contribution in [-0.2, 0) is 11.2 Å². The second-order valence-corrected chi connectivity index (χ2v) is 7.06. The zero-order chi connectivity index (χ0) is 17.0. The van der Waals surface area contributed by atoms with E-state index in [-0.39, 0.29) is 5.91 Å². The smallest absolute Gasteiger partial charge is 0.260 e. The van der Waals surface area contributed by atoms with Gasteiger partial charge in [0.15, 0.2) is 3.95 Å². The molecule has 0 aliphatic rings. The Hall–Kier alpha value is -1.78. The van der Waals surface area contributed by atoms with Crippen LogP contribution in [0.1, 0.15) is 22.3 Å². The maximum atomic E-state index is 12.4. The SMILES string of the molecule is CNC(=O)CCc1ccc(Br)c(C(=O)Nc2n[nH]c(=S)s2)c1N. The normalized spacial score (nSPS) is 10.3. The molecule has 2 rings (SSSR count). The molecule has 0 atom stereocenters. The number of carbonyl (C=O) groups excluding carboxylic acids is 2. The van der Waals surface area contributed by atoms with E-state index in [1.54, 1.807) is 19.2 Å². The molecule has 7 nitrogen and oxygen atoms in total. The Morgan fingerprint density at radius 1 is 1.48 bits per heavy atom. The molecule has 0 saturated carbocycles. The van der Waals surface area contributed by atoms with E-state index in [1.807, 2.05) is 0 Å². The number of nitrogens with zero attached hydrogens (tertiary/aromatic N) is 1. The van der Waals surface area contributed by atoms with Crippen LogP contribution in [0.25, 0.3) is 0 Å². The molecule has 0 radical (unpaired) electrons. The molecular formula is C13H14BrN5O2S2. The molecule has 2 amide bonds. The van der Waals surface area contributed by atoms with Crippen molar-refractivity contribution in [2.45, 2.75) is 12.8 Å². The van der Waals surface area contributed by atoms with Crippen molar-refractivity contribution >= 4 is 62.1 Å². The van der Waals surface area contributed by atoms with Crippen LogP contribution in [0.15, 0.2) is 16.6 Å². The first-order chi connectivity index (χ1) is 10.9. The van der Waals surface area contributed by atoms with Crippen LogP contribution in [0, 0.1) is 3.95 Å². The van der Waals surface area contributed by atoms with Crippen molar-refractivity contribution in [3.63, 3.8) is 0 Å². The molecule has 23 heavy (non-hydrogen) atoms. The van der Waals surface area contributed by atoms with Crippen molar-refractivity contribution in [1.29, 1.82) is 0 Å². The van der Waals surface area contributed by atoms with Crippen LogP contribution >= 0.6 is 39.5 Å². The summed E-state index contributed by atoms with van der Waals surface area (Å²) in [6, 6.07) is 3.52. The van der Waals surface area contributed by atoms with Crippen molar-refractivity contribution in [2.75, 3.05) is 18.1 Å². The van der Waals surface area contributed by atoms with Crippen LogP contribution < -0.4 is 16.4 Å². The summed E-state index contributed by atoms with van der Waals surface area (Å²) in [5.74, 6) is -0.483. The number of amides is 2. The fourth-order valence-electron chi connectivity index (χ4n) is 1.90. The summed E-state index contributed by atoms with van der Waals surface area (Å²) in [5.41, 5.74) is 7.48. The van der Waals surface area contributed by atoms with Gasteiger partial charge in [0.05, 0.1) is 5.56 Å². The quantitative estimate of drug-likeness (QED) is 0.442. The van der Waals surface area contributed by atoms with Crippen molar-refractivity contribution < 1.29 is 9.59 Å². The van der Waals surface area contributed by atoms with Gasteiger partial charge >= 0.3 is 0 Å². The molecule has 1 aromatic carbocycles. The molecule has 0 bridgehead atoms. The average Bonchev–Trinajstić information content (AvgIpc) is 2.91. The number of H-pyrrole nitrogens is 1. The Kier molecular flexibility index (Phi) is 5.85. The zero-order valence-electron chi connectivity index (χ0n) is 12.1. The standard InChI is InChI=1S/C13H14BrN5O2S2/c1-16-8(20)5-3-6-2-4-7(14)9(10(6)15)11(21)17-12-18-19-13(22)23-12/h2,4H,3,5,15H2,1H3,(H,16,20)(H,19,22)(H,17,18,21). The maximum absolute atomic E-state index is 12.4. The van der Waals surface area contributed by atoms with Crippen molar-refractivity contribution in [3.05, 3.63) is 31.7 Å². The number of aromatic nitrogens is 2. The highest BCUT2D eigenvalue weighted by molar-refractivity contribution is 9.10. The lowest BCUT2D eigenvalue weighted by atomic mass is 10.0. The number of nitrogen functional groups attached to an aromatic ring is 1. The molecule has 1 heterocycles. The second kappa shape index (κ2) is 7.66. The number of rotatable bonds is 5. The molecular weight excluding hydrogens is 402 g/mol. The zero-order valence-corrected chi connectivity index (χ0v) is 15.3. The molecule has 5 N–H and O–H groups in total. The summed E-state index contributed by atoms with van der Waals surface area (Å²) in [7, 11) is 1.57. The first kappa shape index (κ1) is 17.6. The Morgan fingerprint density at radius 2 is 2.22 bits per heavy atom. The Bertz CT molecular complexity index is 802. The number of anilines is 2. The van der Waals surface area contributed by atoms with Gasteiger partial charge in [-0.25, -0.2) is 0 Å². The van der Waals surface area contributed by atoms with Gasteiger partial charge in [0.1, 0.15) is 0 Å². The molecule has 2 aromatic rings. The highest BCUT2D eigenvalue weighted by Crippen LogP contribution is 2.28. The third kappa shape index (κ3) is 4.36. The van der Waals surface area contributed by atoms with Crippen molar-refractivity contribution in [1.82, 2.24) is 15.5 Å².